The van der Waals surface area contributed by atoms with Gasteiger partial charge >= 0.3 is 0 Å². The maximum absolute atomic E-state index is 12.0. The van der Waals surface area contributed by atoms with Gasteiger partial charge in [-0.15, -0.1) is 0 Å². The molecule has 0 aliphatic rings. The molecule has 2 aromatic carbocycles. The van der Waals surface area contributed by atoms with Gasteiger partial charge in [-0.05, 0) is 43.2 Å². The second-order valence-corrected chi connectivity index (χ2v) is 5.46. The number of nitrogens with one attached hydrogen (secondary N) is 1. The number of hydrogen-bond donors (Lipinski definition) is 1. The normalized spacial score (nSPS) is 10.2. The predicted octanol–water partition coefficient (Wildman–Crippen LogP) is 3.71. The molecule has 1 N–H and O–H groups in total. The van der Waals surface area contributed by atoms with Crippen LogP contribution in [0.15, 0.2) is 42.5 Å². The summed E-state index contributed by atoms with van der Waals surface area (Å²) >= 11 is 0. The van der Waals surface area contributed by atoms with Crippen LogP contribution in [0.3, 0.4) is 0 Å². The van der Waals surface area contributed by atoms with E-state index in [1.54, 1.807) is 6.07 Å². The first-order chi connectivity index (χ1) is 12.0. The highest BCUT2D eigenvalue weighted by molar-refractivity contribution is 5.93. The van der Waals surface area contributed by atoms with Crippen molar-refractivity contribution in [3.05, 3.63) is 58.1 Å². The van der Waals surface area contributed by atoms with Crippen LogP contribution in [-0.2, 0) is 4.79 Å². The molecule has 25 heavy (non-hydrogen) atoms. The largest absolute Gasteiger partial charge is 0.496 e. The monoisotopic (exact) mass is 344 g/mol. The van der Waals surface area contributed by atoms with Gasteiger partial charge in [-0.25, -0.2) is 0 Å². The van der Waals surface area contributed by atoms with Gasteiger partial charge in [0.1, 0.15) is 17.2 Å². The molecule has 7 nitrogen and oxygen atoms in total. The number of carbonyl (C=O) groups is 1. The van der Waals surface area contributed by atoms with Crippen LogP contribution in [0.4, 0.5) is 11.4 Å². The molecule has 0 aliphatic carbocycles. The molecule has 0 unspecified atom stereocenters. The molecule has 0 spiro atoms. The standard InChI is InChI=1S/C18H20N2O5/c1-13-5-3-6-15(11-13)25-10-4-7-18(21)19-16-9-8-14(24-2)12-17(16)20(22)23/h3,5-6,8-9,11-12H,4,7,10H2,1-2H3,(H,19,21). The zero-order valence-corrected chi connectivity index (χ0v) is 14.2. The Morgan fingerprint density at radius 1 is 1.20 bits per heavy atom. The Morgan fingerprint density at radius 2 is 2.00 bits per heavy atom. The van der Waals surface area contributed by atoms with Gasteiger partial charge in [-0.3, -0.25) is 14.9 Å². The summed E-state index contributed by atoms with van der Waals surface area (Å²) in [6.45, 7) is 2.36. The second kappa shape index (κ2) is 8.68. The molecular formula is C18H20N2O5. The van der Waals surface area contributed by atoms with Crippen LogP contribution in [0, 0.1) is 17.0 Å². The van der Waals surface area contributed by atoms with Crippen molar-refractivity contribution in [2.24, 2.45) is 0 Å². The Bertz CT molecular complexity index is 761. The second-order valence-electron chi connectivity index (χ2n) is 5.46. The van der Waals surface area contributed by atoms with Crippen molar-refractivity contribution < 1.29 is 19.2 Å². The third-order valence-corrected chi connectivity index (χ3v) is 3.48. The molecule has 1 amide bonds. The van der Waals surface area contributed by atoms with Crippen molar-refractivity contribution in [2.45, 2.75) is 19.8 Å². The maximum atomic E-state index is 12.0. The molecule has 0 aliphatic heterocycles. The van der Waals surface area contributed by atoms with Crippen molar-refractivity contribution in [3.63, 3.8) is 0 Å². The van der Waals surface area contributed by atoms with Crippen LogP contribution < -0.4 is 14.8 Å². The lowest BCUT2D eigenvalue weighted by Gasteiger charge is -2.09. The minimum absolute atomic E-state index is 0.149. The lowest BCUT2D eigenvalue weighted by molar-refractivity contribution is -0.384. The Morgan fingerprint density at radius 3 is 2.68 bits per heavy atom. The van der Waals surface area contributed by atoms with Crippen molar-refractivity contribution in [1.29, 1.82) is 0 Å². The molecule has 0 heterocycles. The van der Waals surface area contributed by atoms with Gasteiger partial charge in [-0.2, -0.15) is 0 Å². The molecule has 2 rings (SSSR count). The SMILES string of the molecule is COc1ccc(NC(=O)CCCOc2cccc(C)c2)c([N+](=O)[O-])c1. The first kappa shape index (κ1) is 18.3. The molecule has 0 aromatic heterocycles. The van der Waals surface area contributed by atoms with E-state index in [4.69, 9.17) is 9.47 Å². The van der Waals surface area contributed by atoms with Gasteiger partial charge < -0.3 is 14.8 Å². The summed E-state index contributed by atoms with van der Waals surface area (Å²) in [5.74, 6) is 0.809. The molecule has 132 valence electrons. The predicted molar refractivity (Wildman–Crippen MR) is 94.2 cm³/mol. The summed E-state index contributed by atoms with van der Waals surface area (Å²) < 4.78 is 10.5. The quantitative estimate of drug-likeness (QED) is 0.448. The Hall–Kier alpha value is -3.09. The van der Waals surface area contributed by atoms with Crippen LogP contribution in [0.5, 0.6) is 11.5 Å². The summed E-state index contributed by atoms with van der Waals surface area (Å²) in [5.41, 5.74) is 1.04. The number of benzene rings is 2. The van der Waals surface area contributed by atoms with Crippen molar-refractivity contribution in [3.8, 4) is 11.5 Å². The van der Waals surface area contributed by atoms with Gasteiger partial charge in [0.25, 0.3) is 5.69 Å². The lowest BCUT2D eigenvalue weighted by Crippen LogP contribution is -2.14. The zero-order valence-electron chi connectivity index (χ0n) is 14.2. The van der Waals surface area contributed by atoms with Crippen molar-refractivity contribution in [2.75, 3.05) is 19.0 Å². The van der Waals surface area contributed by atoms with Gasteiger partial charge in [0, 0.05) is 6.42 Å². The number of carbonyl (C=O) groups excluding carboxylic acids is 1. The van der Waals surface area contributed by atoms with Crippen LogP contribution >= 0.6 is 0 Å². The topological polar surface area (TPSA) is 90.7 Å². The summed E-state index contributed by atoms with van der Waals surface area (Å²) in [6.07, 6.45) is 0.707. The van der Waals surface area contributed by atoms with Gasteiger partial charge in [-0.1, -0.05) is 12.1 Å². The molecular weight excluding hydrogens is 324 g/mol. The Kier molecular flexibility index (Phi) is 6.33. The van der Waals surface area contributed by atoms with Gasteiger partial charge in [0.15, 0.2) is 0 Å². The summed E-state index contributed by atoms with van der Waals surface area (Å²) in [4.78, 5) is 22.5. The van der Waals surface area contributed by atoms with E-state index in [2.05, 4.69) is 5.32 Å². The number of aryl methyl sites for hydroxylation is 1. The summed E-state index contributed by atoms with van der Waals surface area (Å²) in [7, 11) is 1.42. The number of amides is 1. The summed E-state index contributed by atoms with van der Waals surface area (Å²) in [6, 6.07) is 11.9. The number of ether oxygens (including phenoxy) is 2. The van der Waals surface area contributed by atoms with E-state index in [-0.39, 0.29) is 23.7 Å². The fourth-order valence-electron chi connectivity index (χ4n) is 2.24. The average molecular weight is 344 g/mol. The van der Waals surface area contributed by atoms with Crippen LogP contribution in [0.25, 0.3) is 0 Å². The van der Waals surface area contributed by atoms with E-state index in [1.165, 1.54) is 19.2 Å². The summed E-state index contributed by atoms with van der Waals surface area (Å²) in [5, 5.41) is 13.7. The number of nitro groups is 1. The molecule has 0 bridgehead atoms. The fraction of sp³-hybridized carbons (Fsp3) is 0.278. The number of nitro benzene ring substituents is 1. The van der Waals surface area contributed by atoms with E-state index < -0.39 is 4.92 Å². The third kappa shape index (κ3) is 5.49. The smallest absolute Gasteiger partial charge is 0.296 e. The Labute approximate surface area is 145 Å². The molecule has 0 saturated heterocycles. The number of methoxy groups -OCH3 is 1. The van der Waals surface area contributed by atoms with Crippen molar-refractivity contribution >= 4 is 17.3 Å². The first-order valence-electron chi connectivity index (χ1n) is 7.81. The Balaban J connectivity index is 1.85. The van der Waals surface area contributed by atoms with E-state index >= 15 is 0 Å². The fourth-order valence-corrected chi connectivity index (χ4v) is 2.24. The van der Waals surface area contributed by atoms with Crippen LogP contribution in [0.1, 0.15) is 18.4 Å². The average Bonchev–Trinajstić information content (AvgIpc) is 2.59. The van der Waals surface area contributed by atoms with Gasteiger partial charge in [0.2, 0.25) is 5.91 Å². The van der Waals surface area contributed by atoms with Crippen molar-refractivity contribution in [1.82, 2.24) is 0 Å². The third-order valence-electron chi connectivity index (χ3n) is 3.48. The van der Waals surface area contributed by atoms with E-state index in [0.717, 1.165) is 11.3 Å². The van der Waals surface area contributed by atoms with Gasteiger partial charge in [0.05, 0.1) is 24.7 Å². The minimum Gasteiger partial charge on any atom is -0.496 e. The molecule has 0 saturated carbocycles. The number of hydrogen-bond acceptors (Lipinski definition) is 5. The van der Waals surface area contributed by atoms with E-state index in [0.29, 0.717) is 18.8 Å². The maximum Gasteiger partial charge on any atom is 0.296 e. The highest BCUT2D eigenvalue weighted by atomic mass is 16.6. The van der Waals surface area contributed by atoms with E-state index in [9.17, 15) is 14.9 Å². The highest BCUT2D eigenvalue weighted by Gasteiger charge is 2.17. The first-order valence-corrected chi connectivity index (χ1v) is 7.81. The number of rotatable bonds is 8. The minimum atomic E-state index is -0.557. The number of anilines is 1. The molecule has 0 fully saturated rings. The highest BCUT2D eigenvalue weighted by Crippen LogP contribution is 2.29. The lowest BCUT2D eigenvalue weighted by atomic mass is 10.2. The number of nitrogens with zero attached hydrogens (tertiary/aromatic N) is 1. The molecule has 7 heteroatoms. The van der Waals surface area contributed by atoms with Crippen LogP contribution in [0.2, 0.25) is 0 Å². The molecule has 2 aromatic rings. The van der Waals surface area contributed by atoms with Crippen LogP contribution in [-0.4, -0.2) is 24.5 Å². The zero-order chi connectivity index (χ0) is 18.2. The molecule has 0 atom stereocenters. The molecule has 0 radical (unpaired) electrons. The van der Waals surface area contributed by atoms with E-state index in [1.807, 2.05) is 31.2 Å².